The van der Waals surface area contributed by atoms with Gasteiger partial charge in [0, 0.05) is 23.8 Å². The molecular formula is C14H21NOS. The molecule has 3 atom stereocenters. The standard InChI is InChI=1S/C14H21NOS/c1-10(14(9-16)17-2)15-8-12-7-11-5-3-4-6-13(11)12/h3-6,10,12,14-16H,7-9H2,1-2H3. The number of nitrogens with one attached hydrogen (secondary N) is 1. The van der Waals surface area contributed by atoms with E-state index in [4.69, 9.17) is 0 Å². The third-order valence-electron chi connectivity index (χ3n) is 3.69. The number of aliphatic hydroxyl groups is 1. The summed E-state index contributed by atoms with van der Waals surface area (Å²) >= 11 is 1.73. The van der Waals surface area contributed by atoms with Gasteiger partial charge in [0.1, 0.15) is 0 Å². The largest absolute Gasteiger partial charge is 0.395 e. The van der Waals surface area contributed by atoms with Crippen LogP contribution in [0.25, 0.3) is 0 Å². The van der Waals surface area contributed by atoms with E-state index in [1.807, 2.05) is 0 Å². The van der Waals surface area contributed by atoms with E-state index in [1.165, 1.54) is 17.5 Å². The Morgan fingerprint density at radius 1 is 1.47 bits per heavy atom. The van der Waals surface area contributed by atoms with Gasteiger partial charge in [-0.3, -0.25) is 0 Å². The maximum absolute atomic E-state index is 9.23. The van der Waals surface area contributed by atoms with Crippen molar-refractivity contribution in [1.82, 2.24) is 5.32 Å². The number of aliphatic hydroxyl groups excluding tert-OH is 1. The summed E-state index contributed by atoms with van der Waals surface area (Å²) in [5.41, 5.74) is 2.99. The lowest BCUT2D eigenvalue weighted by Crippen LogP contribution is -2.41. The normalized spacial score (nSPS) is 21.5. The third-order valence-corrected chi connectivity index (χ3v) is 4.85. The predicted molar refractivity (Wildman–Crippen MR) is 74.7 cm³/mol. The molecule has 0 saturated heterocycles. The lowest BCUT2D eigenvalue weighted by Gasteiger charge is -2.32. The van der Waals surface area contributed by atoms with Crippen LogP contribution in [-0.2, 0) is 6.42 Å². The molecule has 3 heteroatoms. The van der Waals surface area contributed by atoms with Gasteiger partial charge in [0.15, 0.2) is 0 Å². The lowest BCUT2D eigenvalue weighted by atomic mass is 9.77. The van der Waals surface area contributed by atoms with Crippen LogP contribution in [0.15, 0.2) is 24.3 Å². The first-order valence-corrected chi connectivity index (χ1v) is 7.50. The number of fused-ring (bicyclic) bond motifs is 1. The molecule has 1 aromatic rings. The molecule has 0 bridgehead atoms. The van der Waals surface area contributed by atoms with Gasteiger partial charge in [0.05, 0.1) is 6.61 Å². The number of hydrogen-bond acceptors (Lipinski definition) is 3. The van der Waals surface area contributed by atoms with Crippen molar-refractivity contribution in [3.8, 4) is 0 Å². The van der Waals surface area contributed by atoms with Crippen LogP contribution in [0.5, 0.6) is 0 Å². The van der Waals surface area contributed by atoms with Crippen molar-refractivity contribution in [2.24, 2.45) is 0 Å². The third kappa shape index (κ3) is 2.84. The van der Waals surface area contributed by atoms with E-state index in [2.05, 4.69) is 42.8 Å². The molecule has 17 heavy (non-hydrogen) atoms. The highest BCUT2D eigenvalue weighted by Crippen LogP contribution is 2.34. The second-order valence-corrected chi connectivity index (χ2v) is 5.83. The molecule has 0 heterocycles. The highest BCUT2D eigenvalue weighted by atomic mass is 32.2. The first-order valence-electron chi connectivity index (χ1n) is 6.21. The van der Waals surface area contributed by atoms with E-state index in [-0.39, 0.29) is 6.61 Å². The maximum atomic E-state index is 9.23. The molecule has 94 valence electrons. The Labute approximate surface area is 108 Å². The molecule has 0 saturated carbocycles. The van der Waals surface area contributed by atoms with E-state index < -0.39 is 0 Å². The van der Waals surface area contributed by atoms with Crippen LogP contribution in [0, 0.1) is 0 Å². The van der Waals surface area contributed by atoms with Crippen LogP contribution in [0.3, 0.4) is 0 Å². The summed E-state index contributed by atoms with van der Waals surface area (Å²) in [5, 5.41) is 13.1. The Morgan fingerprint density at radius 3 is 2.88 bits per heavy atom. The van der Waals surface area contributed by atoms with Crippen molar-refractivity contribution in [2.75, 3.05) is 19.4 Å². The van der Waals surface area contributed by atoms with Crippen LogP contribution in [0.1, 0.15) is 24.0 Å². The zero-order chi connectivity index (χ0) is 12.3. The van der Waals surface area contributed by atoms with Crippen LogP contribution in [0.2, 0.25) is 0 Å². The van der Waals surface area contributed by atoms with E-state index in [9.17, 15) is 5.11 Å². The SMILES string of the molecule is CSC(CO)C(C)NCC1Cc2ccccc21. The second-order valence-electron chi connectivity index (χ2n) is 4.75. The smallest absolute Gasteiger partial charge is 0.0564 e. The van der Waals surface area contributed by atoms with E-state index in [0.29, 0.717) is 17.2 Å². The molecule has 0 aliphatic heterocycles. The topological polar surface area (TPSA) is 32.3 Å². The van der Waals surface area contributed by atoms with Crippen LogP contribution in [0.4, 0.5) is 0 Å². The predicted octanol–water partition coefficient (Wildman–Crippen LogP) is 2.03. The molecule has 1 aromatic carbocycles. The number of hydrogen-bond donors (Lipinski definition) is 2. The van der Waals surface area contributed by atoms with Gasteiger partial charge in [-0.15, -0.1) is 0 Å². The van der Waals surface area contributed by atoms with Gasteiger partial charge in [-0.2, -0.15) is 11.8 Å². The summed E-state index contributed by atoms with van der Waals surface area (Å²) in [6.07, 6.45) is 3.25. The summed E-state index contributed by atoms with van der Waals surface area (Å²) in [6, 6.07) is 9.04. The number of benzene rings is 1. The van der Waals surface area contributed by atoms with Crippen molar-refractivity contribution in [2.45, 2.75) is 30.6 Å². The average molecular weight is 251 g/mol. The van der Waals surface area contributed by atoms with Gasteiger partial charge >= 0.3 is 0 Å². The Morgan fingerprint density at radius 2 is 2.24 bits per heavy atom. The van der Waals surface area contributed by atoms with Crippen LogP contribution >= 0.6 is 11.8 Å². The molecule has 1 aliphatic carbocycles. The molecule has 0 aromatic heterocycles. The van der Waals surface area contributed by atoms with Gasteiger partial charge in [0.25, 0.3) is 0 Å². The van der Waals surface area contributed by atoms with Gasteiger partial charge in [0.2, 0.25) is 0 Å². The summed E-state index contributed by atoms with van der Waals surface area (Å²) < 4.78 is 0. The fourth-order valence-corrected chi connectivity index (χ4v) is 3.09. The fraction of sp³-hybridized carbons (Fsp3) is 0.571. The van der Waals surface area contributed by atoms with Crippen LogP contribution in [-0.4, -0.2) is 35.8 Å². The molecule has 3 unspecified atom stereocenters. The summed E-state index contributed by atoms with van der Waals surface area (Å²) in [4.78, 5) is 0. The molecular weight excluding hydrogens is 230 g/mol. The molecule has 0 fully saturated rings. The summed E-state index contributed by atoms with van der Waals surface area (Å²) in [7, 11) is 0. The van der Waals surface area contributed by atoms with Crippen molar-refractivity contribution in [1.29, 1.82) is 0 Å². The average Bonchev–Trinajstić information content (AvgIpc) is 2.32. The Kier molecular flexibility index (Phi) is 4.48. The second kappa shape index (κ2) is 5.89. The van der Waals surface area contributed by atoms with E-state index >= 15 is 0 Å². The minimum Gasteiger partial charge on any atom is -0.395 e. The number of rotatable bonds is 6. The lowest BCUT2D eigenvalue weighted by molar-refractivity contribution is 0.274. The van der Waals surface area contributed by atoms with Crippen LogP contribution < -0.4 is 5.32 Å². The Balaban J connectivity index is 1.81. The molecule has 0 radical (unpaired) electrons. The first-order chi connectivity index (χ1) is 8.26. The van der Waals surface area contributed by atoms with Crippen molar-refractivity contribution < 1.29 is 5.11 Å². The first kappa shape index (κ1) is 12.9. The monoisotopic (exact) mass is 251 g/mol. The van der Waals surface area contributed by atoms with Gasteiger partial charge in [-0.05, 0) is 30.7 Å². The highest BCUT2D eigenvalue weighted by Gasteiger charge is 2.26. The van der Waals surface area contributed by atoms with Crippen molar-refractivity contribution in [3.05, 3.63) is 35.4 Å². The van der Waals surface area contributed by atoms with E-state index in [0.717, 1.165) is 6.54 Å². The molecule has 1 aliphatic rings. The molecule has 2 rings (SSSR count). The van der Waals surface area contributed by atoms with Gasteiger partial charge in [-0.1, -0.05) is 24.3 Å². The minimum absolute atomic E-state index is 0.247. The number of thioether (sulfide) groups is 1. The van der Waals surface area contributed by atoms with E-state index in [1.54, 1.807) is 11.8 Å². The Hall–Kier alpha value is -0.510. The zero-order valence-corrected chi connectivity index (χ0v) is 11.3. The quantitative estimate of drug-likeness (QED) is 0.811. The van der Waals surface area contributed by atoms with Gasteiger partial charge < -0.3 is 10.4 Å². The maximum Gasteiger partial charge on any atom is 0.0564 e. The summed E-state index contributed by atoms with van der Waals surface area (Å²) in [6.45, 7) is 3.42. The van der Waals surface area contributed by atoms with Crippen molar-refractivity contribution in [3.63, 3.8) is 0 Å². The molecule has 2 nitrogen and oxygen atoms in total. The Bertz CT molecular complexity index is 365. The van der Waals surface area contributed by atoms with Gasteiger partial charge in [-0.25, -0.2) is 0 Å². The molecule has 0 spiro atoms. The molecule has 2 N–H and O–H groups in total. The highest BCUT2D eigenvalue weighted by molar-refractivity contribution is 7.99. The van der Waals surface area contributed by atoms with Crippen molar-refractivity contribution >= 4 is 11.8 Å². The fourth-order valence-electron chi connectivity index (χ4n) is 2.44. The summed E-state index contributed by atoms with van der Waals surface area (Å²) in [5.74, 6) is 0.662. The zero-order valence-electron chi connectivity index (χ0n) is 10.5. The molecule has 0 amide bonds. The minimum atomic E-state index is 0.247.